The molecule has 1 aromatic carbocycles. The van der Waals surface area contributed by atoms with Crippen LogP contribution in [-0.4, -0.2) is 36.1 Å². The Labute approximate surface area is 142 Å². The van der Waals surface area contributed by atoms with Crippen molar-refractivity contribution in [2.75, 3.05) is 30.4 Å². The van der Waals surface area contributed by atoms with E-state index < -0.39 is 0 Å². The minimum absolute atomic E-state index is 0.314. The molecule has 0 saturated heterocycles. The van der Waals surface area contributed by atoms with Crippen molar-refractivity contribution < 1.29 is 9.53 Å². The number of hydrogen-bond acceptors (Lipinski definition) is 6. The van der Waals surface area contributed by atoms with Crippen LogP contribution < -0.4 is 10.2 Å². The summed E-state index contributed by atoms with van der Waals surface area (Å²) in [6, 6.07) is 8.94. The summed E-state index contributed by atoms with van der Waals surface area (Å²) in [7, 11) is 1.99. The maximum atomic E-state index is 11.7. The van der Waals surface area contributed by atoms with Crippen LogP contribution in [0.15, 0.2) is 36.5 Å². The second kappa shape index (κ2) is 8.86. The highest BCUT2D eigenvalue weighted by Gasteiger charge is 2.07. The Morgan fingerprint density at radius 1 is 1.21 bits per heavy atom. The lowest BCUT2D eigenvalue weighted by Crippen LogP contribution is -2.21. The first-order chi connectivity index (χ1) is 11.6. The first-order valence-electron chi connectivity index (χ1n) is 8.22. The van der Waals surface area contributed by atoms with Gasteiger partial charge in [0.05, 0.1) is 12.2 Å². The summed E-state index contributed by atoms with van der Waals surface area (Å²) < 4.78 is 4.97. The molecule has 0 amide bonds. The number of ether oxygens (including phenoxy) is 1. The summed E-state index contributed by atoms with van der Waals surface area (Å²) in [4.78, 5) is 22.5. The summed E-state index contributed by atoms with van der Waals surface area (Å²) in [6.45, 7) is 5.24. The molecule has 0 bridgehead atoms. The largest absolute Gasteiger partial charge is 0.462 e. The van der Waals surface area contributed by atoms with E-state index in [0.717, 1.165) is 25.1 Å². The van der Waals surface area contributed by atoms with Gasteiger partial charge in [0.1, 0.15) is 5.82 Å². The molecule has 2 rings (SSSR count). The summed E-state index contributed by atoms with van der Waals surface area (Å²) in [5.74, 6) is 1.09. The molecule has 0 atom stereocenters. The average molecular weight is 328 g/mol. The average Bonchev–Trinajstić information content (AvgIpc) is 2.60. The molecule has 0 aliphatic heterocycles. The molecule has 0 unspecified atom stereocenters. The number of nitrogens with zero attached hydrogens (tertiary/aromatic N) is 3. The molecule has 24 heavy (non-hydrogen) atoms. The lowest BCUT2D eigenvalue weighted by atomic mass is 10.2. The molecule has 0 radical (unpaired) electrons. The van der Waals surface area contributed by atoms with E-state index in [2.05, 4.69) is 22.2 Å². The second-order valence-electron chi connectivity index (χ2n) is 5.44. The Kier molecular flexibility index (Phi) is 6.54. The Balaban J connectivity index is 2.04. The summed E-state index contributed by atoms with van der Waals surface area (Å²) in [6.07, 6.45) is 3.97. The van der Waals surface area contributed by atoms with Gasteiger partial charge in [0.15, 0.2) is 0 Å². The van der Waals surface area contributed by atoms with Crippen LogP contribution in [0.2, 0.25) is 0 Å². The number of carbonyl (C=O) groups is 1. The van der Waals surface area contributed by atoms with Gasteiger partial charge in [0.25, 0.3) is 0 Å². The van der Waals surface area contributed by atoms with Gasteiger partial charge >= 0.3 is 5.97 Å². The maximum Gasteiger partial charge on any atom is 0.338 e. The molecule has 0 fully saturated rings. The van der Waals surface area contributed by atoms with Crippen molar-refractivity contribution in [2.24, 2.45) is 0 Å². The third kappa shape index (κ3) is 4.94. The first kappa shape index (κ1) is 17.7. The van der Waals surface area contributed by atoms with Crippen LogP contribution in [0.1, 0.15) is 37.0 Å². The molecule has 1 aromatic heterocycles. The van der Waals surface area contributed by atoms with Crippen LogP contribution in [0, 0.1) is 0 Å². The highest BCUT2D eigenvalue weighted by Crippen LogP contribution is 2.17. The SMILES string of the molecule is CCCCN(C)c1nccc(Nc2ccc(C(=O)OCC)cc2)n1. The number of aromatic nitrogens is 2. The third-order valence-electron chi connectivity index (χ3n) is 3.50. The molecule has 128 valence electrons. The molecular formula is C18H24N4O2. The fourth-order valence-electron chi connectivity index (χ4n) is 2.15. The van der Waals surface area contributed by atoms with Crippen molar-refractivity contribution in [1.82, 2.24) is 9.97 Å². The van der Waals surface area contributed by atoms with E-state index in [1.807, 2.05) is 30.1 Å². The Morgan fingerprint density at radius 3 is 2.62 bits per heavy atom. The van der Waals surface area contributed by atoms with Crippen molar-refractivity contribution in [3.63, 3.8) is 0 Å². The molecule has 2 aromatic rings. The minimum Gasteiger partial charge on any atom is -0.462 e. The van der Waals surface area contributed by atoms with Crippen LogP contribution in [0.3, 0.4) is 0 Å². The molecule has 0 aliphatic carbocycles. The van der Waals surface area contributed by atoms with Crippen molar-refractivity contribution in [1.29, 1.82) is 0 Å². The third-order valence-corrected chi connectivity index (χ3v) is 3.50. The number of anilines is 3. The van der Waals surface area contributed by atoms with E-state index in [1.54, 1.807) is 25.3 Å². The van der Waals surface area contributed by atoms with E-state index in [9.17, 15) is 4.79 Å². The van der Waals surface area contributed by atoms with Gasteiger partial charge in [-0.3, -0.25) is 0 Å². The van der Waals surface area contributed by atoms with Crippen LogP contribution in [0.5, 0.6) is 0 Å². The first-order valence-corrected chi connectivity index (χ1v) is 8.22. The molecule has 0 saturated carbocycles. The summed E-state index contributed by atoms with van der Waals surface area (Å²) >= 11 is 0. The molecule has 0 aliphatic rings. The van der Waals surface area contributed by atoms with E-state index in [1.165, 1.54) is 0 Å². The van der Waals surface area contributed by atoms with Gasteiger partial charge in [-0.25, -0.2) is 9.78 Å². The molecule has 6 heteroatoms. The number of rotatable bonds is 8. The van der Waals surface area contributed by atoms with Gasteiger partial charge in [-0.2, -0.15) is 4.98 Å². The number of carbonyl (C=O) groups excluding carboxylic acids is 1. The number of benzene rings is 1. The number of unbranched alkanes of at least 4 members (excludes halogenated alkanes) is 1. The quantitative estimate of drug-likeness (QED) is 0.746. The van der Waals surface area contributed by atoms with Gasteiger partial charge in [0, 0.05) is 25.5 Å². The minimum atomic E-state index is -0.314. The van der Waals surface area contributed by atoms with Crippen LogP contribution in [0.4, 0.5) is 17.5 Å². The fourth-order valence-corrected chi connectivity index (χ4v) is 2.15. The van der Waals surface area contributed by atoms with E-state index in [0.29, 0.717) is 23.9 Å². The zero-order chi connectivity index (χ0) is 17.4. The molecule has 0 spiro atoms. The fraction of sp³-hybridized carbons (Fsp3) is 0.389. The van der Waals surface area contributed by atoms with Crippen molar-refractivity contribution >= 4 is 23.4 Å². The zero-order valence-corrected chi connectivity index (χ0v) is 14.5. The predicted molar refractivity (Wildman–Crippen MR) is 95.9 cm³/mol. The van der Waals surface area contributed by atoms with Crippen LogP contribution in [0.25, 0.3) is 0 Å². The van der Waals surface area contributed by atoms with E-state index in [4.69, 9.17) is 4.74 Å². The second-order valence-corrected chi connectivity index (χ2v) is 5.44. The Hall–Kier alpha value is -2.63. The monoisotopic (exact) mass is 328 g/mol. The normalized spacial score (nSPS) is 10.3. The van der Waals surface area contributed by atoms with E-state index >= 15 is 0 Å². The Morgan fingerprint density at radius 2 is 1.96 bits per heavy atom. The van der Waals surface area contributed by atoms with Crippen LogP contribution in [-0.2, 0) is 4.74 Å². The summed E-state index contributed by atoms with van der Waals surface area (Å²) in [5, 5.41) is 3.22. The topological polar surface area (TPSA) is 67.4 Å². The number of hydrogen-bond donors (Lipinski definition) is 1. The molecular weight excluding hydrogens is 304 g/mol. The molecule has 1 N–H and O–H groups in total. The number of nitrogens with one attached hydrogen (secondary N) is 1. The van der Waals surface area contributed by atoms with Gasteiger partial charge in [0.2, 0.25) is 5.95 Å². The smallest absolute Gasteiger partial charge is 0.338 e. The zero-order valence-electron chi connectivity index (χ0n) is 14.5. The molecule has 6 nitrogen and oxygen atoms in total. The highest BCUT2D eigenvalue weighted by molar-refractivity contribution is 5.89. The number of esters is 1. The van der Waals surface area contributed by atoms with Crippen molar-refractivity contribution in [3.05, 3.63) is 42.1 Å². The van der Waals surface area contributed by atoms with Crippen molar-refractivity contribution in [2.45, 2.75) is 26.7 Å². The Bertz CT molecular complexity index is 658. The maximum absolute atomic E-state index is 11.7. The van der Waals surface area contributed by atoms with Crippen LogP contribution >= 0.6 is 0 Å². The lowest BCUT2D eigenvalue weighted by molar-refractivity contribution is 0.0526. The van der Waals surface area contributed by atoms with Gasteiger partial charge in [-0.05, 0) is 43.7 Å². The predicted octanol–water partition coefficient (Wildman–Crippen LogP) is 3.63. The van der Waals surface area contributed by atoms with Gasteiger partial charge in [-0.15, -0.1) is 0 Å². The lowest BCUT2D eigenvalue weighted by Gasteiger charge is -2.17. The highest BCUT2D eigenvalue weighted by atomic mass is 16.5. The summed E-state index contributed by atoms with van der Waals surface area (Å²) in [5.41, 5.74) is 1.38. The van der Waals surface area contributed by atoms with Gasteiger partial charge in [-0.1, -0.05) is 13.3 Å². The molecule has 1 heterocycles. The van der Waals surface area contributed by atoms with Crippen molar-refractivity contribution in [3.8, 4) is 0 Å². The standard InChI is InChI=1S/C18H24N4O2/c1-4-6-13-22(3)18-19-12-11-16(21-18)20-15-9-7-14(8-10-15)17(23)24-5-2/h7-12H,4-6,13H2,1-3H3,(H,19,20,21). The van der Waals surface area contributed by atoms with Gasteiger partial charge < -0.3 is 15.0 Å². The van der Waals surface area contributed by atoms with E-state index in [-0.39, 0.29) is 5.97 Å².